The number of fused-ring (bicyclic) bond motifs is 1. The number of halogens is 1. The number of aromatic nitrogens is 1. The molecule has 0 fully saturated rings. The lowest BCUT2D eigenvalue weighted by atomic mass is 9.83. The molecule has 0 radical (unpaired) electrons. The fourth-order valence-electron chi connectivity index (χ4n) is 4.41. The summed E-state index contributed by atoms with van der Waals surface area (Å²) >= 11 is 7.20. The summed E-state index contributed by atoms with van der Waals surface area (Å²) in [6.45, 7) is 3.95. The Morgan fingerprint density at radius 2 is 1.63 bits per heavy atom. The molecule has 1 aliphatic heterocycles. The molecule has 38 heavy (non-hydrogen) atoms. The summed E-state index contributed by atoms with van der Waals surface area (Å²) < 4.78 is 2.08. The molecule has 5 rings (SSSR count). The van der Waals surface area contributed by atoms with Gasteiger partial charge in [-0.1, -0.05) is 71.3 Å². The lowest BCUT2D eigenvalue weighted by Gasteiger charge is -2.25. The number of amides is 1. The first-order valence-electron chi connectivity index (χ1n) is 11.8. The third-order valence-electron chi connectivity index (χ3n) is 6.40. The van der Waals surface area contributed by atoms with Crippen LogP contribution < -0.4 is 25.8 Å². The van der Waals surface area contributed by atoms with Crippen LogP contribution in [0.1, 0.15) is 28.2 Å². The van der Waals surface area contributed by atoms with Gasteiger partial charge in [0.1, 0.15) is 10.5 Å². The summed E-state index contributed by atoms with van der Waals surface area (Å²) in [4.78, 5) is 27.4. The highest BCUT2D eigenvalue weighted by Crippen LogP contribution is 2.36. The number of thiazole rings is 1. The van der Waals surface area contributed by atoms with Crippen molar-refractivity contribution in [2.24, 2.45) is 5.73 Å². The Balaban J connectivity index is 1.79. The topological polar surface area (TPSA) is 101 Å². The Kier molecular flexibility index (Phi) is 6.77. The van der Waals surface area contributed by atoms with Gasteiger partial charge in [-0.15, -0.1) is 11.3 Å². The van der Waals surface area contributed by atoms with Crippen LogP contribution >= 0.6 is 22.9 Å². The normalized spacial score (nSPS) is 15.3. The molecule has 0 aliphatic carbocycles. The van der Waals surface area contributed by atoms with Gasteiger partial charge in [-0.2, -0.15) is 5.26 Å². The van der Waals surface area contributed by atoms with E-state index in [1.54, 1.807) is 30.3 Å². The van der Waals surface area contributed by atoms with Gasteiger partial charge in [0.2, 0.25) is 0 Å². The number of rotatable bonds is 4. The molecule has 3 N–H and O–H groups in total. The van der Waals surface area contributed by atoms with Crippen LogP contribution in [0.2, 0.25) is 5.02 Å². The van der Waals surface area contributed by atoms with Crippen molar-refractivity contribution in [3.8, 4) is 6.07 Å². The second kappa shape index (κ2) is 10.2. The van der Waals surface area contributed by atoms with E-state index in [0.29, 0.717) is 19.9 Å². The zero-order chi connectivity index (χ0) is 27.0. The molecular formula is C30H23ClN4O2S. The number of aryl methyl sites for hydroxylation is 2. The molecule has 0 spiro atoms. The smallest absolute Gasteiger partial charge is 0.274 e. The van der Waals surface area contributed by atoms with Crippen LogP contribution in [0.25, 0.3) is 17.5 Å². The molecular weight excluding hydrogens is 516 g/mol. The summed E-state index contributed by atoms with van der Waals surface area (Å²) in [5, 5.41) is 13.6. The molecule has 4 aromatic rings. The number of nitrogens with one attached hydrogen (secondary N) is 1. The molecule has 8 heteroatoms. The molecule has 2 heterocycles. The highest BCUT2D eigenvalue weighted by molar-refractivity contribution is 7.07. The number of nitrogens with two attached hydrogens (primary N) is 1. The van der Waals surface area contributed by atoms with E-state index in [9.17, 15) is 14.9 Å². The Morgan fingerprint density at radius 1 is 1.03 bits per heavy atom. The number of nitrogens with zero attached hydrogens (tertiary/aromatic N) is 2. The minimum atomic E-state index is -0.752. The van der Waals surface area contributed by atoms with E-state index < -0.39 is 11.8 Å². The minimum Gasteiger partial charge on any atom is -0.384 e. The highest BCUT2D eigenvalue weighted by atomic mass is 35.5. The van der Waals surface area contributed by atoms with Crippen LogP contribution in [0.15, 0.2) is 83.2 Å². The van der Waals surface area contributed by atoms with Gasteiger partial charge in [0, 0.05) is 10.7 Å². The van der Waals surface area contributed by atoms with Gasteiger partial charge in [0.25, 0.3) is 11.5 Å². The molecule has 188 valence electrons. The molecule has 1 aliphatic rings. The van der Waals surface area contributed by atoms with Gasteiger partial charge in [-0.05, 0) is 55.3 Å². The number of carbonyl (C=O) groups excluding carboxylic acids is 1. The van der Waals surface area contributed by atoms with Gasteiger partial charge >= 0.3 is 0 Å². The third kappa shape index (κ3) is 4.68. The Bertz CT molecular complexity index is 1810. The quantitative estimate of drug-likeness (QED) is 0.405. The van der Waals surface area contributed by atoms with Crippen molar-refractivity contribution in [1.82, 2.24) is 4.57 Å². The predicted octanol–water partition coefficient (Wildman–Crippen LogP) is 4.25. The lowest BCUT2D eigenvalue weighted by molar-refractivity contribution is -0.111. The van der Waals surface area contributed by atoms with Gasteiger partial charge < -0.3 is 11.1 Å². The largest absolute Gasteiger partial charge is 0.384 e. The highest BCUT2D eigenvalue weighted by Gasteiger charge is 2.35. The van der Waals surface area contributed by atoms with E-state index in [-0.39, 0.29) is 22.5 Å². The summed E-state index contributed by atoms with van der Waals surface area (Å²) in [5.41, 5.74) is 10.8. The molecule has 1 aromatic heterocycles. The monoisotopic (exact) mass is 538 g/mol. The zero-order valence-electron chi connectivity index (χ0n) is 20.7. The van der Waals surface area contributed by atoms with E-state index >= 15 is 0 Å². The average molecular weight is 539 g/mol. The van der Waals surface area contributed by atoms with Crippen LogP contribution in [0.3, 0.4) is 0 Å². The Hall–Kier alpha value is -4.38. The number of anilines is 1. The van der Waals surface area contributed by atoms with Gasteiger partial charge in [-0.3, -0.25) is 14.2 Å². The van der Waals surface area contributed by atoms with Crippen molar-refractivity contribution in [3.63, 3.8) is 0 Å². The van der Waals surface area contributed by atoms with Crippen LogP contribution in [0.4, 0.5) is 5.69 Å². The number of hydrogen-bond donors (Lipinski definition) is 2. The second-order valence-corrected chi connectivity index (χ2v) is 10.6. The fraction of sp³-hybridized carbons (Fsp3) is 0.100. The Labute approximate surface area is 228 Å². The molecule has 3 aromatic carbocycles. The molecule has 1 atom stereocenters. The minimum absolute atomic E-state index is 0.0286. The van der Waals surface area contributed by atoms with E-state index in [1.165, 1.54) is 15.9 Å². The summed E-state index contributed by atoms with van der Waals surface area (Å²) in [6.07, 6.45) is 1.77. The van der Waals surface area contributed by atoms with E-state index in [0.717, 1.165) is 22.3 Å². The summed E-state index contributed by atoms with van der Waals surface area (Å²) in [5.74, 6) is -1.16. The number of allylic oxidation sites excluding steroid dienone is 1. The van der Waals surface area contributed by atoms with Gasteiger partial charge in [0.15, 0.2) is 0 Å². The van der Waals surface area contributed by atoms with Crippen molar-refractivity contribution in [1.29, 1.82) is 5.26 Å². The number of benzene rings is 3. The number of nitriles is 1. The molecule has 6 nitrogen and oxygen atoms in total. The first-order valence-corrected chi connectivity index (χ1v) is 13.0. The van der Waals surface area contributed by atoms with Crippen LogP contribution in [-0.4, -0.2) is 10.5 Å². The Morgan fingerprint density at radius 3 is 2.24 bits per heavy atom. The van der Waals surface area contributed by atoms with E-state index in [2.05, 4.69) is 11.4 Å². The maximum absolute atomic E-state index is 13.9. The first kappa shape index (κ1) is 25.3. The molecule has 0 bridgehead atoms. The average Bonchev–Trinajstić information content (AvgIpc) is 3.22. The van der Waals surface area contributed by atoms with Crippen molar-refractivity contribution < 1.29 is 4.79 Å². The number of carbonyl (C=O) groups is 1. The molecule has 1 unspecified atom stereocenters. The van der Waals surface area contributed by atoms with Crippen molar-refractivity contribution in [2.75, 3.05) is 5.32 Å². The zero-order valence-corrected chi connectivity index (χ0v) is 22.2. The van der Waals surface area contributed by atoms with Crippen molar-refractivity contribution >= 4 is 52.0 Å². The SMILES string of the molecule is Cc1ccc(/C=c2\sc3n(c2=O)C(N)=C(C#N)C(c2ccc(C)cc2)C=3C(=O)Nc2ccc(Cl)cc2)cc1. The van der Waals surface area contributed by atoms with Crippen molar-refractivity contribution in [2.45, 2.75) is 19.8 Å². The molecule has 1 amide bonds. The van der Waals surface area contributed by atoms with E-state index in [1.807, 2.05) is 62.4 Å². The lowest BCUT2D eigenvalue weighted by Crippen LogP contribution is -2.40. The fourth-order valence-corrected chi connectivity index (χ4v) is 5.71. The van der Waals surface area contributed by atoms with Gasteiger partial charge in [0.05, 0.1) is 27.7 Å². The third-order valence-corrected chi connectivity index (χ3v) is 7.76. The summed E-state index contributed by atoms with van der Waals surface area (Å²) in [7, 11) is 0. The second-order valence-electron chi connectivity index (χ2n) is 9.10. The molecule has 0 saturated heterocycles. The maximum Gasteiger partial charge on any atom is 0.274 e. The predicted molar refractivity (Wildman–Crippen MR) is 153 cm³/mol. The first-order chi connectivity index (χ1) is 18.3. The van der Waals surface area contributed by atoms with Crippen LogP contribution in [-0.2, 0) is 4.79 Å². The maximum atomic E-state index is 13.9. The van der Waals surface area contributed by atoms with E-state index in [4.69, 9.17) is 17.3 Å². The molecule has 0 saturated carbocycles. The van der Waals surface area contributed by atoms with Crippen LogP contribution in [0.5, 0.6) is 0 Å². The van der Waals surface area contributed by atoms with Crippen LogP contribution in [0, 0.1) is 25.2 Å². The van der Waals surface area contributed by atoms with Gasteiger partial charge in [-0.25, -0.2) is 0 Å². The standard InChI is InChI=1S/C30H23ClN4O2S/c1-17-3-7-19(8-4-17)15-24-29(37)35-27(33)23(16-32)25(20-9-5-18(2)6-10-20)26(30(35)38-24)28(36)34-22-13-11-21(31)12-14-22/h3-15,25H,33H2,1-2H3,(H,34,36)/b24-15-. The van der Waals surface area contributed by atoms with Crippen molar-refractivity contribution in [3.05, 3.63) is 125 Å². The summed E-state index contributed by atoms with van der Waals surface area (Å²) in [6, 6.07) is 24.3. The number of hydrogen-bond acceptors (Lipinski definition) is 5.